The van der Waals surface area contributed by atoms with E-state index in [1.165, 1.54) is 24.0 Å². The molecule has 4 nitrogen and oxygen atoms in total. The van der Waals surface area contributed by atoms with Crippen molar-refractivity contribution in [1.29, 1.82) is 0 Å². The first-order chi connectivity index (χ1) is 10.4. The molecule has 0 amide bonds. The smallest absolute Gasteiger partial charge is 0.319 e. The molecule has 2 aromatic rings. The van der Waals surface area contributed by atoms with Crippen LogP contribution >= 0.6 is 11.8 Å². The number of hydrogen-bond acceptors (Lipinski definition) is 4. The first kappa shape index (κ1) is 16.0. The minimum absolute atomic E-state index is 0.491. The molecule has 0 unspecified atom stereocenters. The Morgan fingerprint density at radius 1 is 1.32 bits per heavy atom. The number of carbonyl (C=O) groups is 1. The fourth-order valence-electron chi connectivity index (χ4n) is 1.50. The maximum Gasteiger partial charge on any atom is 0.319 e. The summed E-state index contributed by atoms with van der Waals surface area (Å²) in [6, 6.07) is 4.55. The quantitative estimate of drug-likeness (QED) is 0.536. The average Bonchev–Trinajstić information content (AvgIpc) is 2.46. The molecule has 6 heteroatoms. The molecular weight excluding hydrogens is 303 g/mol. The lowest BCUT2D eigenvalue weighted by Gasteiger charge is -2.18. The molecule has 0 fully saturated rings. The summed E-state index contributed by atoms with van der Waals surface area (Å²) in [5.41, 5.74) is 1.09. The van der Waals surface area contributed by atoms with Crippen molar-refractivity contribution in [3.8, 4) is 11.8 Å². The van der Waals surface area contributed by atoms with E-state index >= 15 is 0 Å². The second-order valence-electron chi connectivity index (χ2n) is 4.91. The van der Waals surface area contributed by atoms with Crippen LogP contribution in [0.2, 0.25) is 0 Å². The number of carboxylic acid groups (broad SMARTS) is 1. The van der Waals surface area contributed by atoms with Crippen molar-refractivity contribution < 1.29 is 14.3 Å². The summed E-state index contributed by atoms with van der Waals surface area (Å²) in [6.45, 7) is 3.24. The highest BCUT2D eigenvalue weighted by atomic mass is 32.2. The first-order valence-corrected chi connectivity index (χ1v) is 7.20. The topological polar surface area (TPSA) is 63.1 Å². The molecule has 0 spiro atoms. The fourth-order valence-corrected chi connectivity index (χ4v) is 2.48. The maximum absolute atomic E-state index is 13.0. The predicted molar refractivity (Wildman–Crippen MR) is 82.0 cm³/mol. The molecule has 0 saturated carbocycles. The van der Waals surface area contributed by atoms with E-state index in [4.69, 9.17) is 0 Å². The van der Waals surface area contributed by atoms with Crippen molar-refractivity contribution in [1.82, 2.24) is 9.97 Å². The van der Waals surface area contributed by atoms with E-state index in [0.717, 1.165) is 0 Å². The largest absolute Gasteiger partial charge is 0.480 e. The zero-order valence-electron chi connectivity index (χ0n) is 12.0. The van der Waals surface area contributed by atoms with Gasteiger partial charge in [0, 0.05) is 35.1 Å². The van der Waals surface area contributed by atoms with E-state index in [9.17, 15) is 14.3 Å². The van der Waals surface area contributed by atoms with Crippen molar-refractivity contribution in [3.63, 3.8) is 0 Å². The Kier molecular flexibility index (Phi) is 4.78. The first-order valence-electron chi connectivity index (χ1n) is 6.38. The van der Waals surface area contributed by atoms with Gasteiger partial charge in [-0.05, 0) is 26.0 Å². The molecule has 2 rings (SSSR count). The zero-order chi connectivity index (χ0) is 16.2. The van der Waals surface area contributed by atoms with Crippen LogP contribution in [-0.4, -0.2) is 25.8 Å². The third-order valence-electron chi connectivity index (χ3n) is 2.73. The van der Waals surface area contributed by atoms with Crippen LogP contribution < -0.4 is 0 Å². The normalized spacial score (nSPS) is 10.7. The summed E-state index contributed by atoms with van der Waals surface area (Å²) in [7, 11) is 0. The Morgan fingerprint density at radius 2 is 2.09 bits per heavy atom. The molecule has 0 aromatic carbocycles. The van der Waals surface area contributed by atoms with Gasteiger partial charge in [0.2, 0.25) is 5.95 Å². The minimum Gasteiger partial charge on any atom is -0.480 e. The average molecular weight is 316 g/mol. The number of aliphatic carboxylic acids is 1. The van der Waals surface area contributed by atoms with Crippen LogP contribution in [0.3, 0.4) is 0 Å². The van der Waals surface area contributed by atoms with Crippen LogP contribution in [0.4, 0.5) is 4.39 Å². The van der Waals surface area contributed by atoms with Gasteiger partial charge in [0.25, 0.3) is 0 Å². The molecule has 2 heterocycles. The van der Waals surface area contributed by atoms with Gasteiger partial charge >= 0.3 is 5.97 Å². The standard InChI is InChI=1S/C16H13FN2O2S/c1-16(2,15(20)21)22-13-6-7-18-10-12(13)4-3-11-5-8-19-14(17)9-11/h5-10H,1-2H3,(H,20,21). The van der Waals surface area contributed by atoms with E-state index < -0.39 is 16.7 Å². The maximum atomic E-state index is 13.0. The van der Waals surface area contributed by atoms with Gasteiger partial charge in [-0.3, -0.25) is 9.78 Å². The molecular formula is C16H13FN2O2S. The second kappa shape index (κ2) is 6.58. The lowest BCUT2D eigenvalue weighted by atomic mass is 10.2. The van der Waals surface area contributed by atoms with Crippen LogP contribution in [-0.2, 0) is 4.79 Å². The van der Waals surface area contributed by atoms with Crippen molar-refractivity contribution in [2.24, 2.45) is 0 Å². The molecule has 0 saturated heterocycles. The van der Waals surface area contributed by atoms with Gasteiger partial charge in [0.05, 0.1) is 5.56 Å². The minimum atomic E-state index is -0.986. The molecule has 0 radical (unpaired) electrons. The number of nitrogens with zero attached hydrogens (tertiary/aromatic N) is 2. The number of pyridine rings is 2. The van der Waals surface area contributed by atoms with Gasteiger partial charge in [-0.15, -0.1) is 11.8 Å². The molecule has 22 heavy (non-hydrogen) atoms. The molecule has 0 atom stereocenters. The summed E-state index contributed by atoms with van der Waals surface area (Å²) in [4.78, 5) is 19.4. The molecule has 0 aliphatic heterocycles. The number of aromatic nitrogens is 2. The highest BCUT2D eigenvalue weighted by Gasteiger charge is 2.29. The van der Waals surface area contributed by atoms with Gasteiger partial charge in [-0.1, -0.05) is 11.8 Å². The molecule has 112 valence electrons. The number of hydrogen-bond donors (Lipinski definition) is 1. The summed E-state index contributed by atoms with van der Waals surface area (Å²) >= 11 is 1.19. The van der Waals surface area contributed by atoms with E-state index in [1.54, 1.807) is 38.4 Å². The van der Waals surface area contributed by atoms with E-state index in [1.807, 2.05) is 0 Å². The van der Waals surface area contributed by atoms with E-state index in [2.05, 4.69) is 21.8 Å². The lowest BCUT2D eigenvalue weighted by Crippen LogP contribution is -2.27. The lowest BCUT2D eigenvalue weighted by molar-refractivity contribution is -0.138. The van der Waals surface area contributed by atoms with Gasteiger partial charge in [-0.2, -0.15) is 4.39 Å². The third-order valence-corrected chi connectivity index (χ3v) is 3.99. The van der Waals surface area contributed by atoms with Gasteiger partial charge in [0.15, 0.2) is 0 Å². The Hall–Kier alpha value is -2.39. The second-order valence-corrected chi connectivity index (χ2v) is 6.57. The number of thioether (sulfide) groups is 1. The molecule has 0 aliphatic carbocycles. The highest BCUT2D eigenvalue weighted by molar-refractivity contribution is 8.01. The Balaban J connectivity index is 2.32. The highest BCUT2D eigenvalue weighted by Crippen LogP contribution is 2.34. The third kappa shape index (κ3) is 4.06. The van der Waals surface area contributed by atoms with Crippen LogP contribution in [0.15, 0.2) is 41.7 Å². The van der Waals surface area contributed by atoms with Crippen LogP contribution in [0.5, 0.6) is 0 Å². The predicted octanol–water partition coefficient (Wildman–Crippen LogP) is 2.97. The van der Waals surface area contributed by atoms with Gasteiger partial charge in [-0.25, -0.2) is 4.98 Å². The Bertz CT molecular complexity index is 766. The fraction of sp³-hybridized carbons (Fsp3) is 0.188. The van der Waals surface area contributed by atoms with Gasteiger partial charge < -0.3 is 5.11 Å². The number of carboxylic acids is 1. The molecule has 0 aliphatic rings. The number of rotatable bonds is 3. The van der Waals surface area contributed by atoms with Crippen LogP contribution in [0.25, 0.3) is 0 Å². The summed E-state index contributed by atoms with van der Waals surface area (Å²) in [5.74, 6) is 4.21. The number of halogens is 1. The summed E-state index contributed by atoms with van der Waals surface area (Å²) in [5, 5.41) is 9.21. The summed E-state index contributed by atoms with van der Waals surface area (Å²) < 4.78 is 12.0. The van der Waals surface area contributed by atoms with Crippen molar-refractivity contribution >= 4 is 17.7 Å². The van der Waals surface area contributed by atoms with E-state index in [-0.39, 0.29) is 0 Å². The van der Waals surface area contributed by atoms with Crippen molar-refractivity contribution in [3.05, 3.63) is 53.9 Å². The Labute approximate surface area is 131 Å². The van der Waals surface area contributed by atoms with Crippen LogP contribution in [0, 0.1) is 17.8 Å². The molecule has 2 aromatic heterocycles. The molecule has 0 bridgehead atoms. The van der Waals surface area contributed by atoms with Crippen LogP contribution in [0.1, 0.15) is 25.0 Å². The zero-order valence-corrected chi connectivity index (χ0v) is 12.8. The monoisotopic (exact) mass is 316 g/mol. The van der Waals surface area contributed by atoms with E-state index in [0.29, 0.717) is 16.0 Å². The summed E-state index contributed by atoms with van der Waals surface area (Å²) in [6.07, 6.45) is 4.48. The van der Waals surface area contributed by atoms with Crippen molar-refractivity contribution in [2.75, 3.05) is 0 Å². The van der Waals surface area contributed by atoms with Gasteiger partial charge in [0.1, 0.15) is 4.75 Å². The Morgan fingerprint density at radius 3 is 2.77 bits per heavy atom. The van der Waals surface area contributed by atoms with Crippen molar-refractivity contribution in [2.45, 2.75) is 23.5 Å². The molecule has 1 N–H and O–H groups in total. The SMILES string of the molecule is CC(C)(Sc1ccncc1C#Cc1ccnc(F)c1)C(=O)O.